The van der Waals surface area contributed by atoms with Crippen molar-refractivity contribution in [1.29, 1.82) is 0 Å². The highest BCUT2D eigenvalue weighted by molar-refractivity contribution is 6.36. The van der Waals surface area contributed by atoms with Gasteiger partial charge in [0.2, 0.25) is 5.88 Å². The van der Waals surface area contributed by atoms with Crippen molar-refractivity contribution >= 4 is 46.1 Å². The van der Waals surface area contributed by atoms with Gasteiger partial charge < -0.3 is 18.9 Å². The van der Waals surface area contributed by atoms with Crippen molar-refractivity contribution in [3.8, 4) is 17.0 Å². The van der Waals surface area contributed by atoms with Crippen LogP contribution in [0.2, 0.25) is 5.02 Å². The number of hydrogen-bond donors (Lipinski definition) is 1. The van der Waals surface area contributed by atoms with Gasteiger partial charge in [-0.25, -0.2) is 23.9 Å². The number of alkyl halides is 1. The number of carbonyl (C=O) groups is 2. The van der Waals surface area contributed by atoms with Gasteiger partial charge in [0.05, 0.1) is 24.8 Å². The molecule has 5 rings (SSSR count). The van der Waals surface area contributed by atoms with Gasteiger partial charge in [-0.2, -0.15) is 4.39 Å². The SMILES string of the molecule is Cc1c(-c2cc3cc(NC(=O)O[C@H]4COC[C@@H]4C)ncc3c(Cl)c2F)cnc2c1N(C(=O)OC(C)(C)C)CC(F)O2. The molecule has 1 saturated heterocycles. The summed E-state index contributed by atoms with van der Waals surface area (Å²) in [6, 6.07) is 3.06. The topological polar surface area (TPSA) is 112 Å². The lowest BCUT2D eigenvalue weighted by atomic mass is 9.97. The van der Waals surface area contributed by atoms with Crippen LogP contribution in [-0.4, -0.2) is 60.0 Å². The molecular weight excluding hydrogens is 562 g/mol. The van der Waals surface area contributed by atoms with E-state index in [0.29, 0.717) is 35.1 Å². The summed E-state index contributed by atoms with van der Waals surface area (Å²) in [4.78, 5) is 34.8. The second-order valence-corrected chi connectivity index (χ2v) is 11.4. The number of fused-ring (bicyclic) bond motifs is 2. The van der Waals surface area contributed by atoms with Crippen molar-refractivity contribution in [2.24, 2.45) is 5.92 Å². The molecule has 2 aromatic heterocycles. The Labute approximate surface area is 239 Å². The first-order valence-corrected chi connectivity index (χ1v) is 13.3. The van der Waals surface area contributed by atoms with E-state index in [9.17, 15) is 14.0 Å². The molecule has 4 heterocycles. The lowest BCUT2D eigenvalue weighted by Gasteiger charge is -2.34. The third-order valence-electron chi connectivity index (χ3n) is 6.70. The smallest absolute Gasteiger partial charge is 0.415 e. The largest absolute Gasteiger partial charge is 0.443 e. The summed E-state index contributed by atoms with van der Waals surface area (Å²) in [5.74, 6) is -0.638. The summed E-state index contributed by atoms with van der Waals surface area (Å²) in [7, 11) is 0. The predicted octanol–water partition coefficient (Wildman–Crippen LogP) is 6.41. The number of nitrogens with one attached hydrogen (secondary N) is 1. The monoisotopic (exact) mass is 590 g/mol. The Bertz CT molecular complexity index is 1530. The number of halogens is 3. The minimum atomic E-state index is -1.82. The molecule has 1 unspecified atom stereocenters. The molecule has 13 heteroatoms. The van der Waals surface area contributed by atoms with Crippen molar-refractivity contribution in [2.45, 2.75) is 52.7 Å². The van der Waals surface area contributed by atoms with E-state index in [2.05, 4.69) is 15.3 Å². The summed E-state index contributed by atoms with van der Waals surface area (Å²) in [5.41, 5.74) is 0.0734. The molecule has 3 atom stereocenters. The van der Waals surface area contributed by atoms with Crippen LogP contribution < -0.4 is 15.0 Å². The van der Waals surface area contributed by atoms with E-state index in [0.717, 1.165) is 4.90 Å². The van der Waals surface area contributed by atoms with E-state index in [1.165, 1.54) is 24.5 Å². The maximum absolute atomic E-state index is 15.7. The highest BCUT2D eigenvalue weighted by Crippen LogP contribution is 2.43. The molecule has 1 fully saturated rings. The van der Waals surface area contributed by atoms with Gasteiger partial charge in [0.1, 0.15) is 29.0 Å². The summed E-state index contributed by atoms with van der Waals surface area (Å²) in [5, 5.41) is 3.16. The molecule has 1 N–H and O–H groups in total. The lowest BCUT2D eigenvalue weighted by molar-refractivity contribution is 0.0375. The highest BCUT2D eigenvalue weighted by atomic mass is 35.5. The quantitative estimate of drug-likeness (QED) is 0.372. The molecule has 2 aliphatic rings. The van der Waals surface area contributed by atoms with Crippen LogP contribution in [-0.2, 0) is 14.2 Å². The molecule has 0 radical (unpaired) electrons. The molecule has 1 aromatic carbocycles. The molecule has 3 aromatic rings. The maximum Gasteiger partial charge on any atom is 0.415 e. The second kappa shape index (κ2) is 10.9. The molecule has 0 saturated carbocycles. The van der Waals surface area contributed by atoms with Crippen LogP contribution in [0.1, 0.15) is 33.3 Å². The minimum absolute atomic E-state index is 0.0653. The molecule has 41 heavy (non-hydrogen) atoms. The van der Waals surface area contributed by atoms with Gasteiger partial charge in [-0.15, -0.1) is 0 Å². The first-order valence-electron chi connectivity index (χ1n) is 13.0. The van der Waals surface area contributed by atoms with Crippen LogP contribution >= 0.6 is 11.6 Å². The van der Waals surface area contributed by atoms with Crippen LogP contribution in [0.25, 0.3) is 21.9 Å². The molecular formula is C28H29ClF2N4O6. The Morgan fingerprint density at radius 3 is 2.61 bits per heavy atom. The number of aromatic nitrogens is 2. The fraction of sp³-hybridized carbons (Fsp3) is 0.429. The number of nitrogens with zero attached hydrogens (tertiary/aromatic N) is 3. The third-order valence-corrected chi connectivity index (χ3v) is 7.07. The van der Waals surface area contributed by atoms with Gasteiger partial charge in [-0.05, 0) is 50.8 Å². The predicted molar refractivity (Wildman–Crippen MR) is 148 cm³/mol. The van der Waals surface area contributed by atoms with Crippen molar-refractivity contribution in [1.82, 2.24) is 9.97 Å². The van der Waals surface area contributed by atoms with Gasteiger partial charge in [0.25, 0.3) is 6.36 Å². The van der Waals surface area contributed by atoms with Crippen LogP contribution in [0.5, 0.6) is 5.88 Å². The maximum atomic E-state index is 15.7. The van der Waals surface area contributed by atoms with E-state index in [1.807, 2.05) is 6.92 Å². The van der Waals surface area contributed by atoms with Crippen LogP contribution in [0.3, 0.4) is 0 Å². The minimum Gasteiger partial charge on any atom is -0.443 e. The Morgan fingerprint density at radius 2 is 1.93 bits per heavy atom. The second-order valence-electron chi connectivity index (χ2n) is 11.0. The van der Waals surface area contributed by atoms with E-state index in [-0.39, 0.29) is 40.0 Å². The van der Waals surface area contributed by atoms with E-state index < -0.39 is 36.5 Å². The standard InChI is InChI=1S/C28H29ClF2N4O6/c1-13-11-38-12-19(13)39-26(36)34-21-7-15-6-16(23(31)22(29)18(15)9-32-21)17-8-33-25-24(14(17)2)35(10-20(30)40-25)27(37)41-28(3,4)5/h6-9,13,19-20H,10-12H2,1-5H3,(H,32,34,36)/t13-,19-,20?/m0/s1. The Kier molecular flexibility index (Phi) is 7.64. The van der Waals surface area contributed by atoms with Crippen molar-refractivity contribution < 1.29 is 37.3 Å². The van der Waals surface area contributed by atoms with Crippen molar-refractivity contribution in [3.63, 3.8) is 0 Å². The molecule has 10 nitrogen and oxygen atoms in total. The molecule has 0 spiro atoms. The number of hydrogen-bond acceptors (Lipinski definition) is 8. The average Bonchev–Trinajstić information content (AvgIpc) is 3.28. The van der Waals surface area contributed by atoms with Gasteiger partial charge in [-0.3, -0.25) is 10.2 Å². The van der Waals surface area contributed by atoms with E-state index in [4.69, 9.17) is 30.5 Å². The number of carbonyl (C=O) groups excluding carboxylic acids is 2. The van der Waals surface area contributed by atoms with Gasteiger partial charge >= 0.3 is 12.2 Å². The van der Waals surface area contributed by atoms with Crippen LogP contribution in [0, 0.1) is 18.7 Å². The normalized spacial score (nSPS) is 20.4. The summed E-state index contributed by atoms with van der Waals surface area (Å²) in [6.07, 6.45) is -1.02. The zero-order valence-corrected chi connectivity index (χ0v) is 23.8. The summed E-state index contributed by atoms with van der Waals surface area (Å²) < 4.78 is 51.5. The number of pyridine rings is 2. The Hall–Kier alpha value is -3.77. The van der Waals surface area contributed by atoms with Crippen molar-refractivity contribution in [2.75, 3.05) is 30.0 Å². The average molecular weight is 591 g/mol. The molecule has 2 aliphatic heterocycles. The summed E-state index contributed by atoms with van der Waals surface area (Å²) >= 11 is 6.42. The van der Waals surface area contributed by atoms with Crippen LogP contribution in [0.15, 0.2) is 24.5 Å². The van der Waals surface area contributed by atoms with Gasteiger partial charge in [0, 0.05) is 34.8 Å². The van der Waals surface area contributed by atoms with Gasteiger partial charge in [0.15, 0.2) is 0 Å². The Morgan fingerprint density at radius 1 is 1.17 bits per heavy atom. The molecule has 0 aliphatic carbocycles. The lowest BCUT2D eigenvalue weighted by Crippen LogP contribution is -2.45. The number of amides is 2. The highest BCUT2D eigenvalue weighted by Gasteiger charge is 2.36. The van der Waals surface area contributed by atoms with Crippen LogP contribution in [0.4, 0.5) is 29.9 Å². The fourth-order valence-electron chi connectivity index (χ4n) is 4.68. The molecule has 0 bridgehead atoms. The zero-order chi connectivity index (χ0) is 29.6. The first kappa shape index (κ1) is 28.7. The van der Waals surface area contributed by atoms with Gasteiger partial charge in [-0.1, -0.05) is 18.5 Å². The van der Waals surface area contributed by atoms with E-state index >= 15 is 4.39 Å². The van der Waals surface area contributed by atoms with Crippen molar-refractivity contribution in [3.05, 3.63) is 40.9 Å². The number of anilines is 2. The molecule has 2 amide bonds. The number of benzene rings is 1. The zero-order valence-electron chi connectivity index (χ0n) is 23.1. The Balaban J connectivity index is 1.51. The number of ether oxygens (including phenoxy) is 4. The molecule has 218 valence electrons. The third kappa shape index (κ3) is 5.84. The first-order chi connectivity index (χ1) is 19.3. The number of rotatable bonds is 3. The summed E-state index contributed by atoms with van der Waals surface area (Å²) in [6.45, 7) is 9.01. The fourth-order valence-corrected chi connectivity index (χ4v) is 4.94. The van der Waals surface area contributed by atoms with E-state index in [1.54, 1.807) is 27.7 Å².